The molecule has 1 aromatic carbocycles. The van der Waals surface area contributed by atoms with E-state index >= 15 is 0 Å². The lowest BCUT2D eigenvalue weighted by atomic mass is 10.2. The van der Waals surface area contributed by atoms with Crippen LogP contribution in [0.15, 0.2) is 36.8 Å². The fraction of sp³-hybridized carbons (Fsp3) is 0.312. The summed E-state index contributed by atoms with van der Waals surface area (Å²) in [6.45, 7) is 1.51. The smallest absolute Gasteiger partial charge is 0.168 e. The Morgan fingerprint density at radius 1 is 1.30 bits per heavy atom. The van der Waals surface area contributed by atoms with Crippen LogP contribution < -0.4 is 5.32 Å². The topological polar surface area (TPSA) is 64.9 Å². The van der Waals surface area contributed by atoms with Crippen LogP contribution in [0, 0.1) is 5.82 Å². The highest BCUT2D eigenvalue weighted by Crippen LogP contribution is 2.23. The van der Waals surface area contributed by atoms with Gasteiger partial charge < -0.3 is 10.1 Å². The monoisotopic (exact) mass is 313 g/mol. The van der Waals surface area contributed by atoms with Gasteiger partial charge in [0.2, 0.25) is 0 Å². The standard InChI is InChI=1S/C16H16FN5O/c17-13-5-1-2-6-14(13)22-16-12(9-21-22)15(19-10-20-16)18-8-11-4-3-7-23-11/h1-2,5-6,9-11H,3-4,7-8H2,(H,18,19,20). The molecule has 1 aliphatic rings. The molecule has 118 valence electrons. The summed E-state index contributed by atoms with van der Waals surface area (Å²) >= 11 is 0. The Morgan fingerprint density at radius 2 is 2.22 bits per heavy atom. The van der Waals surface area contributed by atoms with Crippen molar-refractivity contribution in [1.29, 1.82) is 0 Å². The number of hydrogen-bond acceptors (Lipinski definition) is 5. The zero-order valence-electron chi connectivity index (χ0n) is 12.4. The van der Waals surface area contributed by atoms with Crippen molar-refractivity contribution in [3.8, 4) is 5.69 Å². The average molecular weight is 313 g/mol. The summed E-state index contributed by atoms with van der Waals surface area (Å²) in [7, 11) is 0. The Hall–Kier alpha value is -2.54. The van der Waals surface area contributed by atoms with Crippen LogP contribution in [0.1, 0.15) is 12.8 Å². The number of fused-ring (bicyclic) bond motifs is 1. The summed E-state index contributed by atoms with van der Waals surface area (Å²) in [5.74, 6) is 0.345. The van der Waals surface area contributed by atoms with E-state index in [4.69, 9.17) is 4.74 Å². The Labute approximate surface area is 132 Å². The quantitative estimate of drug-likeness (QED) is 0.802. The Bertz CT molecular complexity index is 828. The van der Waals surface area contributed by atoms with E-state index in [1.165, 1.54) is 17.1 Å². The molecule has 3 heterocycles. The van der Waals surface area contributed by atoms with Gasteiger partial charge in [0.1, 0.15) is 23.6 Å². The molecule has 3 aromatic rings. The third-order valence-electron chi connectivity index (χ3n) is 3.97. The Morgan fingerprint density at radius 3 is 3.04 bits per heavy atom. The third-order valence-corrected chi connectivity index (χ3v) is 3.97. The minimum atomic E-state index is -0.343. The number of benzene rings is 1. The number of nitrogens with one attached hydrogen (secondary N) is 1. The molecule has 1 N–H and O–H groups in total. The first-order valence-corrected chi connectivity index (χ1v) is 7.62. The number of nitrogens with zero attached hydrogens (tertiary/aromatic N) is 4. The molecule has 0 saturated carbocycles. The molecule has 1 atom stereocenters. The molecular weight excluding hydrogens is 297 g/mol. The molecular formula is C16H16FN5O. The SMILES string of the molecule is Fc1ccccc1-n1ncc2c(NCC3CCCO3)ncnc21. The molecule has 7 heteroatoms. The summed E-state index contributed by atoms with van der Waals surface area (Å²) in [5.41, 5.74) is 0.936. The van der Waals surface area contributed by atoms with Crippen molar-refractivity contribution in [1.82, 2.24) is 19.7 Å². The average Bonchev–Trinajstić information content (AvgIpc) is 3.23. The highest BCUT2D eigenvalue weighted by Gasteiger charge is 2.17. The number of ether oxygens (including phenoxy) is 1. The van der Waals surface area contributed by atoms with Crippen molar-refractivity contribution in [2.45, 2.75) is 18.9 Å². The van der Waals surface area contributed by atoms with Crippen molar-refractivity contribution >= 4 is 16.9 Å². The predicted octanol–water partition coefficient (Wildman–Crippen LogP) is 2.55. The van der Waals surface area contributed by atoms with Crippen LogP contribution in [0.25, 0.3) is 16.7 Å². The van der Waals surface area contributed by atoms with Gasteiger partial charge in [-0.05, 0) is 25.0 Å². The van der Waals surface area contributed by atoms with Gasteiger partial charge in [0.15, 0.2) is 5.65 Å². The van der Waals surface area contributed by atoms with E-state index in [2.05, 4.69) is 20.4 Å². The van der Waals surface area contributed by atoms with E-state index in [0.29, 0.717) is 23.7 Å². The van der Waals surface area contributed by atoms with Gasteiger partial charge in [-0.2, -0.15) is 5.10 Å². The summed E-state index contributed by atoms with van der Waals surface area (Å²) in [6.07, 6.45) is 5.47. The molecule has 6 nitrogen and oxygen atoms in total. The molecule has 0 amide bonds. The van der Waals surface area contributed by atoms with Gasteiger partial charge in [0, 0.05) is 13.2 Å². The number of halogens is 1. The normalized spacial score (nSPS) is 17.7. The van der Waals surface area contributed by atoms with Crippen LogP contribution >= 0.6 is 0 Å². The number of anilines is 1. The minimum Gasteiger partial charge on any atom is -0.376 e. The second-order valence-electron chi connectivity index (χ2n) is 5.48. The van der Waals surface area contributed by atoms with Crippen LogP contribution in [0.4, 0.5) is 10.2 Å². The summed E-state index contributed by atoms with van der Waals surface area (Å²) < 4.78 is 21.1. The van der Waals surface area contributed by atoms with Gasteiger partial charge in [0.05, 0.1) is 17.7 Å². The molecule has 1 saturated heterocycles. The van der Waals surface area contributed by atoms with Crippen molar-refractivity contribution in [2.24, 2.45) is 0 Å². The largest absolute Gasteiger partial charge is 0.376 e. The van der Waals surface area contributed by atoms with E-state index < -0.39 is 0 Å². The summed E-state index contributed by atoms with van der Waals surface area (Å²) in [6, 6.07) is 6.49. The second kappa shape index (κ2) is 5.92. The molecule has 1 aliphatic heterocycles. The molecule has 0 radical (unpaired) electrons. The van der Waals surface area contributed by atoms with Gasteiger partial charge in [0.25, 0.3) is 0 Å². The van der Waals surface area contributed by atoms with E-state index in [0.717, 1.165) is 24.8 Å². The summed E-state index contributed by atoms with van der Waals surface area (Å²) in [4.78, 5) is 8.52. The van der Waals surface area contributed by atoms with Gasteiger partial charge in [-0.3, -0.25) is 0 Å². The first-order chi connectivity index (χ1) is 11.3. The number of aromatic nitrogens is 4. The van der Waals surface area contributed by atoms with Crippen LogP contribution in [0.2, 0.25) is 0 Å². The lowest BCUT2D eigenvalue weighted by Gasteiger charge is -2.11. The molecule has 0 aliphatic carbocycles. The fourth-order valence-corrected chi connectivity index (χ4v) is 2.80. The Kier molecular flexibility index (Phi) is 3.63. The molecule has 1 unspecified atom stereocenters. The first kappa shape index (κ1) is 14.1. The molecule has 4 rings (SSSR count). The van der Waals surface area contributed by atoms with Crippen LogP contribution in [-0.2, 0) is 4.74 Å². The van der Waals surface area contributed by atoms with Crippen molar-refractivity contribution in [3.63, 3.8) is 0 Å². The second-order valence-corrected chi connectivity index (χ2v) is 5.48. The van der Waals surface area contributed by atoms with Crippen molar-refractivity contribution in [2.75, 3.05) is 18.5 Å². The summed E-state index contributed by atoms with van der Waals surface area (Å²) in [5, 5.41) is 8.31. The van der Waals surface area contributed by atoms with E-state index in [1.54, 1.807) is 24.4 Å². The maximum Gasteiger partial charge on any atom is 0.168 e. The van der Waals surface area contributed by atoms with E-state index in [-0.39, 0.29) is 11.9 Å². The minimum absolute atomic E-state index is 0.210. The van der Waals surface area contributed by atoms with Gasteiger partial charge in [-0.1, -0.05) is 12.1 Å². The Balaban J connectivity index is 1.67. The van der Waals surface area contributed by atoms with Gasteiger partial charge in [-0.25, -0.2) is 19.0 Å². The first-order valence-electron chi connectivity index (χ1n) is 7.62. The van der Waals surface area contributed by atoms with Crippen LogP contribution in [0.5, 0.6) is 0 Å². The zero-order chi connectivity index (χ0) is 15.6. The third kappa shape index (κ3) is 2.63. The predicted molar refractivity (Wildman–Crippen MR) is 84.1 cm³/mol. The molecule has 0 bridgehead atoms. The van der Waals surface area contributed by atoms with Gasteiger partial charge >= 0.3 is 0 Å². The maximum absolute atomic E-state index is 14.0. The molecule has 0 spiro atoms. The lowest BCUT2D eigenvalue weighted by Crippen LogP contribution is -2.19. The highest BCUT2D eigenvalue weighted by atomic mass is 19.1. The van der Waals surface area contributed by atoms with Crippen LogP contribution in [0.3, 0.4) is 0 Å². The van der Waals surface area contributed by atoms with E-state index in [1.807, 2.05) is 0 Å². The number of rotatable bonds is 4. The lowest BCUT2D eigenvalue weighted by molar-refractivity contribution is 0.120. The molecule has 1 fully saturated rings. The highest BCUT2D eigenvalue weighted by molar-refractivity contribution is 5.87. The fourth-order valence-electron chi connectivity index (χ4n) is 2.80. The van der Waals surface area contributed by atoms with Gasteiger partial charge in [-0.15, -0.1) is 0 Å². The van der Waals surface area contributed by atoms with Crippen molar-refractivity contribution in [3.05, 3.63) is 42.6 Å². The van der Waals surface area contributed by atoms with E-state index in [9.17, 15) is 4.39 Å². The molecule has 23 heavy (non-hydrogen) atoms. The zero-order valence-corrected chi connectivity index (χ0v) is 12.4. The number of para-hydroxylation sites is 1. The van der Waals surface area contributed by atoms with Crippen molar-refractivity contribution < 1.29 is 9.13 Å². The maximum atomic E-state index is 14.0. The van der Waals surface area contributed by atoms with Crippen LogP contribution in [-0.4, -0.2) is 39.0 Å². The molecule has 2 aromatic heterocycles. The number of hydrogen-bond donors (Lipinski definition) is 1.